The van der Waals surface area contributed by atoms with Gasteiger partial charge in [0.15, 0.2) is 11.6 Å². The van der Waals surface area contributed by atoms with E-state index in [1.54, 1.807) is 13.0 Å². The Hall–Kier alpha value is -0.258. The number of halogens is 1. The Kier molecular flexibility index (Phi) is 13.0. The molecule has 4 nitrogen and oxygen atoms in total. The summed E-state index contributed by atoms with van der Waals surface area (Å²) in [5, 5.41) is 13.5. The van der Waals surface area contributed by atoms with Gasteiger partial charge in [0, 0.05) is 34.9 Å². The van der Waals surface area contributed by atoms with Crippen LogP contribution in [-0.4, -0.2) is 23.3 Å². The SMILES string of the molecule is CNC(C)C.Fc1c(Nc2cc(C3C[CH-]CC3)[nH]n2)ccc2c1CS(=S)C2.[CH2-]C.[U+2]. The fourth-order valence-corrected chi connectivity index (χ4v) is 5.31. The molecule has 4 rings (SSSR count). The Morgan fingerprint density at radius 3 is 2.63 bits per heavy atom. The number of nitrogens with zero attached hydrogens (tertiary/aromatic N) is 1. The van der Waals surface area contributed by atoms with E-state index >= 15 is 0 Å². The molecule has 164 valence electrons. The molecule has 1 aromatic carbocycles. The maximum atomic E-state index is 14.6. The Morgan fingerprint density at radius 2 is 2.03 bits per heavy atom. The molecule has 1 saturated carbocycles. The monoisotopic (exact) mass is 674 g/mol. The molecule has 1 aliphatic heterocycles. The molecule has 0 spiro atoms. The summed E-state index contributed by atoms with van der Waals surface area (Å²) in [6, 6.07) is 6.41. The third-order valence-electron chi connectivity index (χ3n) is 5.01. The van der Waals surface area contributed by atoms with Crippen LogP contribution in [0, 0.1) is 50.3 Å². The number of aromatic amines is 1. The molecule has 2 atom stereocenters. The van der Waals surface area contributed by atoms with E-state index in [4.69, 9.17) is 11.2 Å². The van der Waals surface area contributed by atoms with Crippen LogP contribution in [0.2, 0.25) is 0 Å². The smallest absolute Gasteiger partial charge is 0.346 e. The number of nitrogens with one attached hydrogen (secondary N) is 3. The van der Waals surface area contributed by atoms with E-state index in [1.807, 2.05) is 19.2 Å². The predicted octanol–water partition coefficient (Wildman–Crippen LogP) is 5.31. The van der Waals surface area contributed by atoms with Crippen molar-refractivity contribution in [3.63, 3.8) is 0 Å². The average Bonchev–Trinajstić information content (AvgIpc) is 3.46. The van der Waals surface area contributed by atoms with Gasteiger partial charge in [-0.25, -0.2) is 4.39 Å². The number of aromatic nitrogens is 2. The van der Waals surface area contributed by atoms with Crippen LogP contribution < -0.4 is 10.6 Å². The number of anilines is 2. The number of hydrogen-bond acceptors (Lipinski definition) is 4. The Balaban J connectivity index is 0.000000498. The number of H-pyrrole nitrogens is 1. The number of hydrogen-bond donors (Lipinski definition) is 3. The van der Waals surface area contributed by atoms with Crippen LogP contribution in [0.15, 0.2) is 18.2 Å². The minimum absolute atomic E-state index is 0. The van der Waals surface area contributed by atoms with E-state index in [2.05, 4.69) is 48.0 Å². The average molecular weight is 675 g/mol. The summed E-state index contributed by atoms with van der Waals surface area (Å²) < 4.78 is 14.6. The van der Waals surface area contributed by atoms with E-state index in [9.17, 15) is 4.39 Å². The molecule has 1 fully saturated rings. The maximum Gasteiger partial charge on any atom is 2.00 e. The molecule has 0 saturated heterocycles. The minimum atomic E-state index is -0.170. The van der Waals surface area contributed by atoms with Gasteiger partial charge in [0.05, 0.1) is 5.69 Å². The van der Waals surface area contributed by atoms with Crippen LogP contribution in [0.3, 0.4) is 0 Å². The zero-order chi connectivity index (χ0) is 21.4. The molecule has 2 heterocycles. The van der Waals surface area contributed by atoms with Crippen molar-refractivity contribution in [1.29, 1.82) is 0 Å². The summed E-state index contributed by atoms with van der Waals surface area (Å²) >= 11 is 5.32. The zero-order valence-corrected chi connectivity index (χ0v) is 24.1. The van der Waals surface area contributed by atoms with Crippen LogP contribution >= 0.6 is 0 Å². The molecule has 1 aliphatic carbocycles. The quantitative estimate of drug-likeness (QED) is 0.385. The van der Waals surface area contributed by atoms with E-state index in [1.165, 1.54) is 0 Å². The van der Waals surface area contributed by atoms with E-state index < -0.39 is 0 Å². The first kappa shape index (κ1) is 27.8. The van der Waals surface area contributed by atoms with Gasteiger partial charge in [0.1, 0.15) is 0 Å². The van der Waals surface area contributed by atoms with Crippen LogP contribution in [0.25, 0.3) is 0 Å². The van der Waals surface area contributed by atoms with Crippen LogP contribution in [-0.2, 0) is 32.1 Å². The largest absolute Gasteiger partial charge is 2.00 e. The Labute approximate surface area is 211 Å². The van der Waals surface area contributed by atoms with E-state index in [0.717, 1.165) is 41.8 Å². The summed E-state index contributed by atoms with van der Waals surface area (Å²) in [6.45, 7) is 9.22. The van der Waals surface area contributed by atoms with Crippen molar-refractivity contribution in [3.05, 3.63) is 54.2 Å². The fourth-order valence-electron chi connectivity index (χ4n) is 3.22. The van der Waals surface area contributed by atoms with Gasteiger partial charge in [-0.05, 0) is 24.6 Å². The van der Waals surface area contributed by atoms with Gasteiger partial charge in [-0.15, -0.1) is 9.45 Å². The normalized spacial score (nSPS) is 19.2. The predicted molar refractivity (Wildman–Crippen MR) is 127 cm³/mol. The molecular formula is C22H33FN4S2U. The molecule has 2 unspecified atom stereocenters. The van der Waals surface area contributed by atoms with Gasteiger partial charge >= 0.3 is 31.1 Å². The summed E-state index contributed by atoms with van der Waals surface area (Å²) in [7, 11) is 1.81. The molecule has 2 aliphatic rings. The maximum absolute atomic E-state index is 14.6. The van der Waals surface area contributed by atoms with Gasteiger partial charge in [0.2, 0.25) is 0 Å². The Morgan fingerprint density at radius 1 is 1.33 bits per heavy atom. The fraction of sp³-hybridized carbons (Fsp3) is 0.500. The summed E-state index contributed by atoms with van der Waals surface area (Å²) in [5.74, 6) is 2.53. The van der Waals surface area contributed by atoms with Crippen LogP contribution in [0.5, 0.6) is 0 Å². The molecule has 1 aromatic heterocycles. The van der Waals surface area contributed by atoms with Crippen molar-refractivity contribution in [1.82, 2.24) is 15.5 Å². The van der Waals surface area contributed by atoms with E-state index in [-0.39, 0.29) is 46.4 Å². The molecule has 3 N–H and O–H groups in total. The van der Waals surface area contributed by atoms with Gasteiger partial charge in [-0.1, -0.05) is 37.5 Å². The van der Waals surface area contributed by atoms with Gasteiger partial charge < -0.3 is 24.0 Å². The first-order chi connectivity index (χ1) is 14.0. The second kappa shape index (κ2) is 14.0. The summed E-state index contributed by atoms with van der Waals surface area (Å²) in [6.07, 6.45) is 5.73. The first-order valence-electron chi connectivity index (χ1n) is 10.1. The standard InChI is InChI=1S/C16H17FN3S2.C4H11N.C2H5.U/c17-16-12-9-22(21)8-11(12)5-6-13(16)18-15-7-14(19-20-15)10-3-1-2-4-10;1-4(2)5-3;1-2;/h1,5-7,10H,2-4,8-9H2,(H2,18,19,20);4-5H,1-3H3;1H2,2H3;/q-1;;-1;+2. The second-order valence-electron chi connectivity index (χ2n) is 7.37. The molecule has 0 amide bonds. The second-order valence-corrected chi connectivity index (χ2v) is 10.2. The van der Waals surface area contributed by atoms with E-state index in [0.29, 0.717) is 29.2 Å². The van der Waals surface area contributed by atoms with Gasteiger partial charge in [0.25, 0.3) is 0 Å². The number of fused-ring (bicyclic) bond motifs is 1. The molecule has 2 aromatic rings. The molecule has 0 bridgehead atoms. The van der Waals surface area contributed by atoms with Crippen molar-refractivity contribution < 1.29 is 35.5 Å². The summed E-state index contributed by atoms with van der Waals surface area (Å²) in [5.41, 5.74) is 3.46. The molecule has 0 radical (unpaired) electrons. The zero-order valence-electron chi connectivity index (χ0n) is 18.3. The minimum Gasteiger partial charge on any atom is -0.346 e. The molecule has 30 heavy (non-hydrogen) atoms. The summed E-state index contributed by atoms with van der Waals surface area (Å²) in [4.78, 5) is 0. The first-order valence-corrected chi connectivity index (χ1v) is 12.6. The van der Waals surface area contributed by atoms with Crippen molar-refractivity contribution in [2.75, 3.05) is 12.4 Å². The number of benzene rings is 1. The van der Waals surface area contributed by atoms with Crippen molar-refractivity contribution in [2.24, 2.45) is 0 Å². The third kappa shape index (κ3) is 7.71. The molecule has 8 heteroatoms. The Bertz CT molecular complexity index is 804. The van der Waals surface area contributed by atoms with Crippen LogP contribution in [0.1, 0.15) is 62.8 Å². The van der Waals surface area contributed by atoms with Crippen molar-refractivity contribution in [2.45, 2.75) is 63.5 Å². The van der Waals surface area contributed by atoms with Gasteiger partial charge in [-0.2, -0.15) is 24.9 Å². The van der Waals surface area contributed by atoms with Crippen LogP contribution in [0.4, 0.5) is 15.9 Å². The van der Waals surface area contributed by atoms with Crippen molar-refractivity contribution in [3.8, 4) is 0 Å². The topological polar surface area (TPSA) is 52.7 Å². The molecular weight excluding hydrogens is 641 g/mol. The van der Waals surface area contributed by atoms with Crippen molar-refractivity contribution >= 4 is 32.1 Å². The van der Waals surface area contributed by atoms with Gasteiger partial charge in [-0.3, -0.25) is 5.10 Å². The third-order valence-corrected chi connectivity index (χ3v) is 6.96. The number of rotatable bonds is 4.